The van der Waals surface area contributed by atoms with Gasteiger partial charge in [0.25, 0.3) is 0 Å². The summed E-state index contributed by atoms with van der Waals surface area (Å²) >= 11 is 0. The van der Waals surface area contributed by atoms with Gasteiger partial charge < -0.3 is 5.32 Å². The first-order chi connectivity index (χ1) is 19.4. The Morgan fingerprint density at radius 2 is 1.85 bits per heavy atom. The molecule has 9 nitrogen and oxygen atoms in total. The zero-order valence-corrected chi connectivity index (χ0v) is 22.8. The fraction of sp³-hybridized carbons (Fsp3) is 0.214. The van der Waals surface area contributed by atoms with Gasteiger partial charge in [0.2, 0.25) is 5.95 Å². The third kappa shape index (κ3) is 5.92. The molecule has 41 heavy (non-hydrogen) atoms. The smallest absolute Gasteiger partial charge is 0.353 e. The molecule has 3 aromatic heterocycles. The number of rotatable bonds is 8. The Bertz CT molecular complexity index is 1890. The molecule has 13 heteroatoms. The van der Waals surface area contributed by atoms with Gasteiger partial charge in [0.1, 0.15) is 9.84 Å². The van der Waals surface area contributed by atoms with Crippen LogP contribution in [0.25, 0.3) is 33.7 Å². The second kappa shape index (κ2) is 10.7. The standard InChI is InChI=1S/C28H24F3N7O2S/c1-18-23(24-11-13-34-38(24)22-9-7-19(16-32)8-10-22)17-37-26(35-27(36-37)33-12-4-14-41(2,39)40)25(18)20-5-3-6-21(15-20)28(29,30)31/h3,5-11,13,15,17H,4,12,14H2,1-2H3,(H,33,36). The lowest BCUT2D eigenvalue weighted by molar-refractivity contribution is -0.137. The van der Waals surface area contributed by atoms with Crippen LogP contribution in [-0.4, -0.2) is 51.3 Å². The molecule has 0 amide bonds. The van der Waals surface area contributed by atoms with Crippen LogP contribution in [0.3, 0.4) is 0 Å². The number of pyridine rings is 1. The summed E-state index contributed by atoms with van der Waals surface area (Å²) < 4.78 is 67.0. The van der Waals surface area contributed by atoms with Crippen LogP contribution in [0.5, 0.6) is 0 Å². The van der Waals surface area contributed by atoms with Gasteiger partial charge in [-0.3, -0.25) is 0 Å². The number of aromatic nitrogens is 5. The van der Waals surface area contributed by atoms with Gasteiger partial charge in [0.15, 0.2) is 5.65 Å². The van der Waals surface area contributed by atoms with E-state index in [1.54, 1.807) is 60.4 Å². The van der Waals surface area contributed by atoms with Crippen LogP contribution in [0.15, 0.2) is 67.0 Å². The monoisotopic (exact) mass is 579 g/mol. The first-order valence-electron chi connectivity index (χ1n) is 12.5. The SMILES string of the molecule is Cc1c(-c2ccnn2-c2ccc(C#N)cc2)cn2nc(NCCCS(C)(=O)=O)nc2c1-c1cccc(C(F)(F)F)c1. The lowest BCUT2D eigenvalue weighted by Gasteiger charge is -2.16. The van der Waals surface area contributed by atoms with Crippen molar-refractivity contribution in [1.82, 2.24) is 24.4 Å². The minimum Gasteiger partial charge on any atom is -0.353 e. The Morgan fingerprint density at radius 3 is 2.54 bits per heavy atom. The van der Waals surface area contributed by atoms with Gasteiger partial charge in [-0.2, -0.15) is 28.5 Å². The average molecular weight is 580 g/mol. The molecule has 5 aromatic rings. The van der Waals surface area contributed by atoms with Crippen molar-refractivity contribution in [3.8, 4) is 34.1 Å². The molecule has 0 aliphatic carbocycles. The molecule has 0 aliphatic rings. The molecule has 0 radical (unpaired) electrons. The lowest BCUT2D eigenvalue weighted by Crippen LogP contribution is -2.10. The van der Waals surface area contributed by atoms with Crippen LogP contribution in [0.2, 0.25) is 0 Å². The maximum absolute atomic E-state index is 13.6. The zero-order chi connectivity index (χ0) is 29.4. The number of halogens is 3. The van der Waals surface area contributed by atoms with Crippen LogP contribution in [-0.2, 0) is 16.0 Å². The molecular weight excluding hydrogens is 555 g/mol. The van der Waals surface area contributed by atoms with Gasteiger partial charge in [0.05, 0.1) is 40.5 Å². The highest BCUT2D eigenvalue weighted by atomic mass is 32.2. The Hall–Kier alpha value is -4.70. The number of hydrogen-bond donors (Lipinski definition) is 1. The van der Waals surface area contributed by atoms with Gasteiger partial charge in [-0.1, -0.05) is 12.1 Å². The molecule has 0 saturated carbocycles. The van der Waals surface area contributed by atoms with Crippen LogP contribution in [0, 0.1) is 18.3 Å². The van der Waals surface area contributed by atoms with Crippen molar-refractivity contribution < 1.29 is 21.6 Å². The highest BCUT2D eigenvalue weighted by Crippen LogP contribution is 2.38. The molecule has 1 N–H and O–H groups in total. The zero-order valence-electron chi connectivity index (χ0n) is 22.0. The fourth-order valence-corrected chi connectivity index (χ4v) is 5.23. The van der Waals surface area contributed by atoms with Gasteiger partial charge in [0, 0.05) is 30.1 Å². The van der Waals surface area contributed by atoms with E-state index in [1.165, 1.54) is 10.6 Å². The van der Waals surface area contributed by atoms with Crippen molar-refractivity contribution in [1.29, 1.82) is 5.26 Å². The third-order valence-corrected chi connectivity index (χ3v) is 7.53. The summed E-state index contributed by atoms with van der Waals surface area (Å²) in [4.78, 5) is 4.55. The number of benzene rings is 2. The topological polar surface area (TPSA) is 118 Å². The highest BCUT2D eigenvalue weighted by Gasteiger charge is 2.31. The highest BCUT2D eigenvalue weighted by molar-refractivity contribution is 7.90. The Labute approximate surface area is 233 Å². The summed E-state index contributed by atoms with van der Waals surface area (Å²) in [7, 11) is -3.13. The number of nitriles is 1. The quantitative estimate of drug-likeness (QED) is 0.248. The molecule has 2 aromatic carbocycles. The maximum Gasteiger partial charge on any atom is 0.416 e. The molecular formula is C28H24F3N7O2S. The van der Waals surface area contributed by atoms with Gasteiger partial charge in [-0.25, -0.2) is 17.6 Å². The number of hydrogen-bond acceptors (Lipinski definition) is 7. The summed E-state index contributed by atoms with van der Waals surface area (Å²) in [5, 5.41) is 21.1. The van der Waals surface area contributed by atoms with Crippen LogP contribution in [0.1, 0.15) is 23.1 Å². The van der Waals surface area contributed by atoms with Crippen molar-refractivity contribution >= 4 is 21.4 Å². The number of anilines is 1. The molecule has 5 rings (SSSR count). The first-order valence-corrected chi connectivity index (χ1v) is 14.5. The van der Waals surface area contributed by atoms with Crippen LogP contribution >= 0.6 is 0 Å². The predicted octanol–water partition coefficient (Wildman–Crippen LogP) is 5.29. The van der Waals surface area contributed by atoms with E-state index in [4.69, 9.17) is 5.26 Å². The van der Waals surface area contributed by atoms with Crippen molar-refractivity contribution in [3.63, 3.8) is 0 Å². The van der Waals surface area contributed by atoms with Crippen molar-refractivity contribution in [2.24, 2.45) is 0 Å². The van der Waals surface area contributed by atoms with Gasteiger partial charge in [-0.05, 0) is 66.9 Å². The Morgan fingerprint density at radius 1 is 1.10 bits per heavy atom. The van der Waals surface area contributed by atoms with E-state index < -0.39 is 21.6 Å². The molecule has 3 heterocycles. The minimum absolute atomic E-state index is 0.00848. The molecule has 210 valence electrons. The molecule has 0 fully saturated rings. The molecule has 0 saturated heterocycles. The summed E-state index contributed by atoms with van der Waals surface area (Å²) in [6.07, 6.45) is 0.296. The first kappa shape index (κ1) is 27.9. The van der Waals surface area contributed by atoms with Gasteiger partial charge >= 0.3 is 6.18 Å². The van der Waals surface area contributed by atoms with E-state index in [2.05, 4.69) is 26.6 Å². The fourth-order valence-electron chi connectivity index (χ4n) is 4.56. The predicted molar refractivity (Wildman–Crippen MR) is 148 cm³/mol. The molecule has 0 bridgehead atoms. The number of nitrogens with zero attached hydrogens (tertiary/aromatic N) is 6. The van der Waals surface area contributed by atoms with Crippen molar-refractivity contribution in [3.05, 3.63) is 83.7 Å². The van der Waals surface area contributed by atoms with E-state index in [1.807, 2.05) is 0 Å². The largest absolute Gasteiger partial charge is 0.416 e. The van der Waals surface area contributed by atoms with Crippen molar-refractivity contribution in [2.75, 3.05) is 23.9 Å². The molecule has 0 spiro atoms. The minimum atomic E-state index is -4.54. The second-order valence-electron chi connectivity index (χ2n) is 9.52. The second-order valence-corrected chi connectivity index (χ2v) is 11.8. The maximum atomic E-state index is 13.6. The summed E-state index contributed by atoms with van der Waals surface area (Å²) in [6, 6.07) is 15.7. The third-order valence-electron chi connectivity index (χ3n) is 6.50. The number of nitrogens with one attached hydrogen (secondary N) is 1. The molecule has 0 atom stereocenters. The Kier molecular flexibility index (Phi) is 7.27. The lowest BCUT2D eigenvalue weighted by atomic mass is 9.95. The normalized spacial score (nSPS) is 12.0. The van der Waals surface area contributed by atoms with E-state index in [0.717, 1.165) is 18.4 Å². The van der Waals surface area contributed by atoms with E-state index in [0.29, 0.717) is 57.8 Å². The van der Waals surface area contributed by atoms with Gasteiger partial charge in [-0.15, -0.1) is 5.10 Å². The number of fused-ring (bicyclic) bond motifs is 1. The van der Waals surface area contributed by atoms with Crippen LogP contribution in [0.4, 0.5) is 19.1 Å². The summed E-state index contributed by atoms with van der Waals surface area (Å²) in [6.45, 7) is 2.09. The Balaban J connectivity index is 1.66. The summed E-state index contributed by atoms with van der Waals surface area (Å²) in [5.74, 6) is 0.203. The molecule has 0 unspecified atom stereocenters. The van der Waals surface area contributed by atoms with Crippen LogP contribution < -0.4 is 5.32 Å². The summed E-state index contributed by atoms with van der Waals surface area (Å²) in [5.41, 5.74) is 3.45. The van der Waals surface area contributed by atoms with E-state index in [9.17, 15) is 21.6 Å². The van der Waals surface area contributed by atoms with E-state index in [-0.39, 0.29) is 11.7 Å². The molecule has 0 aliphatic heterocycles. The van der Waals surface area contributed by atoms with Crippen molar-refractivity contribution in [2.45, 2.75) is 19.5 Å². The average Bonchev–Trinajstić information content (AvgIpc) is 3.57. The number of alkyl halides is 3. The van der Waals surface area contributed by atoms with E-state index >= 15 is 0 Å². The number of sulfone groups is 1.